The number of hydrogen-bond donors (Lipinski definition) is 1. The molecule has 1 aliphatic rings. The molecule has 1 aromatic rings. The van der Waals surface area contributed by atoms with Crippen molar-refractivity contribution in [1.29, 1.82) is 0 Å². The van der Waals surface area contributed by atoms with E-state index in [1.807, 2.05) is 12.1 Å². The van der Waals surface area contributed by atoms with Crippen LogP contribution in [0.1, 0.15) is 37.9 Å². The number of halogens is 1. The SMILES string of the molecule is CCCO[C@H](c1ccc(Cl)cc1)C1CCNCC1. The maximum atomic E-state index is 6.09. The van der Waals surface area contributed by atoms with E-state index in [-0.39, 0.29) is 6.10 Å². The van der Waals surface area contributed by atoms with E-state index in [9.17, 15) is 0 Å². The number of ether oxygens (including phenoxy) is 1. The highest BCUT2D eigenvalue weighted by Gasteiger charge is 2.25. The first-order chi connectivity index (χ1) is 8.81. The molecule has 1 aromatic carbocycles. The number of benzene rings is 1. The number of nitrogens with one attached hydrogen (secondary N) is 1. The summed E-state index contributed by atoms with van der Waals surface area (Å²) in [6.45, 7) is 5.19. The molecule has 1 fully saturated rings. The molecule has 1 atom stereocenters. The third-order valence-electron chi connectivity index (χ3n) is 3.51. The Labute approximate surface area is 115 Å². The lowest BCUT2D eigenvalue weighted by atomic mass is 9.88. The molecule has 2 rings (SSSR count). The zero-order valence-electron chi connectivity index (χ0n) is 11.0. The van der Waals surface area contributed by atoms with Gasteiger partial charge in [-0.05, 0) is 56.0 Å². The summed E-state index contributed by atoms with van der Waals surface area (Å²) >= 11 is 5.96. The molecule has 18 heavy (non-hydrogen) atoms. The summed E-state index contributed by atoms with van der Waals surface area (Å²) in [7, 11) is 0. The molecule has 1 saturated heterocycles. The van der Waals surface area contributed by atoms with Gasteiger partial charge >= 0.3 is 0 Å². The molecule has 1 heterocycles. The minimum Gasteiger partial charge on any atom is -0.373 e. The second-order valence-corrected chi connectivity index (χ2v) is 5.37. The summed E-state index contributed by atoms with van der Waals surface area (Å²) in [6.07, 6.45) is 3.67. The van der Waals surface area contributed by atoms with E-state index in [4.69, 9.17) is 16.3 Å². The summed E-state index contributed by atoms with van der Waals surface area (Å²) in [5.41, 5.74) is 1.26. The van der Waals surface area contributed by atoms with Crippen molar-refractivity contribution < 1.29 is 4.74 Å². The molecule has 1 aliphatic heterocycles. The third kappa shape index (κ3) is 3.71. The lowest BCUT2D eigenvalue weighted by Crippen LogP contribution is -2.31. The highest BCUT2D eigenvalue weighted by Crippen LogP contribution is 2.32. The van der Waals surface area contributed by atoms with Gasteiger partial charge in [-0.1, -0.05) is 30.7 Å². The van der Waals surface area contributed by atoms with Gasteiger partial charge in [0.15, 0.2) is 0 Å². The van der Waals surface area contributed by atoms with Crippen molar-refractivity contribution in [2.75, 3.05) is 19.7 Å². The fourth-order valence-corrected chi connectivity index (χ4v) is 2.67. The van der Waals surface area contributed by atoms with Gasteiger partial charge in [0, 0.05) is 11.6 Å². The Balaban J connectivity index is 2.10. The number of rotatable bonds is 5. The van der Waals surface area contributed by atoms with Crippen LogP contribution in [-0.4, -0.2) is 19.7 Å². The first-order valence-electron chi connectivity index (χ1n) is 6.89. The van der Waals surface area contributed by atoms with Crippen LogP contribution in [0, 0.1) is 5.92 Å². The molecule has 0 aromatic heterocycles. The van der Waals surface area contributed by atoms with E-state index in [1.165, 1.54) is 18.4 Å². The normalized spacial score (nSPS) is 18.8. The number of hydrogen-bond acceptors (Lipinski definition) is 2. The van der Waals surface area contributed by atoms with Crippen LogP contribution in [-0.2, 0) is 4.74 Å². The molecule has 0 saturated carbocycles. The zero-order valence-corrected chi connectivity index (χ0v) is 11.7. The Kier molecular flexibility index (Phi) is 5.48. The van der Waals surface area contributed by atoms with Gasteiger partial charge in [-0.15, -0.1) is 0 Å². The third-order valence-corrected chi connectivity index (χ3v) is 3.76. The molecule has 100 valence electrons. The molecule has 3 heteroatoms. The Morgan fingerprint density at radius 3 is 2.56 bits per heavy atom. The Morgan fingerprint density at radius 2 is 1.94 bits per heavy atom. The van der Waals surface area contributed by atoms with Gasteiger partial charge in [0.2, 0.25) is 0 Å². The van der Waals surface area contributed by atoms with Crippen LogP contribution in [0.5, 0.6) is 0 Å². The minimum atomic E-state index is 0.226. The van der Waals surface area contributed by atoms with Crippen LogP contribution >= 0.6 is 11.6 Å². The van der Waals surface area contributed by atoms with E-state index in [2.05, 4.69) is 24.4 Å². The van der Waals surface area contributed by atoms with Crippen molar-refractivity contribution in [3.63, 3.8) is 0 Å². The highest BCUT2D eigenvalue weighted by molar-refractivity contribution is 6.30. The first kappa shape index (κ1) is 13.9. The standard InChI is InChI=1S/C15H22ClNO/c1-2-11-18-15(13-7-9-17-10-8-13)12-3-5-14(16)6-4-12/h3-6,13,15,17H,2,7-11H2,1H3/t15-/m1/s1. The van der Waals surface area contributed by atoms with Crippen molar-refractivity contribution in [3.8, 4) is 0 Å². The van der Waals surface area contributed by atoms with Gasteiger partial charge < -0.3 is 10.1 Å². The lowest BCUT2D eigenvalue weighted by Gasteiger charge is -2.31. The summed E-state index contributed by atoms with van der Waals surface area (Å²) in [4.78, 5) is 0. The molecule has 0 radical (unpaired) electrons. The average molecular weight is 268 g/mol. The van der Waals surface area contributed by atoms with Crippen LogP contribution < -0.4 is 5.32 Å². The second kappa shape index (κ2) is 7.13. The molecule has 0 aliphatic carbocycles. The maximum absolute atomic E-state index is 6.09. The van der Waals surface area contributed by atoms with E-state index in [0.717, 1.165) is 31.1 Å². The molecule has 0 amide bonds. The quantitative estimate of drug-likeness (QED) is 0.876. The van der Waals surface area contributed by atoms with Gasteiger partial charge in [-0.3, -0.25) is 0 Å². The minimum absolute atomic E-state index is 0.226. The average Bonchev–Trinajstić information content (AvgIpc) is 2.42. The van der Waals surface area contributed by atoms with E-state index in [0.29, 0.717) is 5.92 Å². The predicted molar refractivity (Wildman–Crippen MR) is 76.0 cm³/mol. The van der Waals surface area contributed by atoms with Gasteiger partial charge in [0.25, 0.3) is 0 Å². The first-order valence-corrected chi connectivity index (χ1v) is 7.27. The van der Waals surface area contributed by atoms with Gasteiger partial charge in [0.1, 0.15) is 0 Å². The summed E-state index contributed by atoms with van der Waals surface area (Å²) in [5, 5.41) is 4.20. The van der Waals surface area contributed by atoms with Crippen LogP contribution in [0.25, 0.3) is 0 Å². The predicted octanol–water partition coefficient (Wildman–Crippen LogP) is 3.81. The molecule has 0 unspecified atom stereocenters. The monoisotopic (exact) mass is 267 g/mol. The van der Waals surface area contributed by atoms with Gasteiger partial charge in [-0.25, -0.2) is 0 Å². The van der Waals surface area contributed by atoms with Crippen molar-refractivity contribution in [3.05, 3.63) is 34.9 Å². The van der Waals surface area contributed by atoms with Crippen molar-refractivity contribution in [1.82, 2.24) is 5.32 Å². The summed E-state index contributed by atoms with van der Waals surface area (Å²) in [6, 6.07) is 8.12. The lowest BCUT2D eigenvalue weighted by molar-refractivity contribution is 0.00109. The second-order valence-electron chi connectivity index (χ2n) is 4.93. The fraction of sp³-hybridized carbons (Fsp3) is 0.600. The van der Waals surface area contributed by atoms with Crippen LogP contribution in [0.4, 0.5) is 0 Å². The Morgan fingerprint density at radius 1 is 1.28 bits per heavy atom. The summed E-state index contributed by atoms with van der Waals surface area (Å²) in [5.74, 6) is 0.624. The van der Waals surface area contributed by atoms with E-state index < -0.39 is 0 Å². The summed E-state index contributed by atoms with van der Waals surface area (Å²) < 4.78 is 6.09. The zero-order chi connectivity index (χ0) is 12.8. The topological polar surface area (TPSA) is 21.3 Å². The van der Waals surface area contributed by atoms with Crippen molar-refractivity contribution >= 4 is 11.6 Å². The van der Waals surface area contributed by atoms with Crippen LogP contribution in [0.2, 0.25) is 5.02 Å². The smallest absolute Gasteiger partial charge is 0.0854 e. The largest absolute Gasteiger partial charge is 0.373 e. The van der Waals surface area contributed by atoms with Gasteiger partial charge in [0.05, 0.1) is 6.10 Å². The maximum Gasteiger partial charge on any atom is 0.0854 e. The Hall–Kier alpha value is -0.570. The molecular weight excluding hydrogens is 246 g/mol. The Bertz CT molecular complexity index is 346. The van der Waals surface area contributed by atoms with E-state index >= 15 is 0 Å². The highest BCUT2D eigenvalue weighted by atomic mass is 35.5. The molecule has 0 bridgehead atoms. The molecule has 2 nitrogen and oxygen atoms in total. The van der Waals surface area contributed by atoms with Crippen LogP contribution in [0.3, 0.4) is 0 Å². The molecule has 0 spiro atoms. The molecule has 1 N–H and O–H groups in total. The van der Waals surface area contributed by atoms with Gasteiger partial charge in [-0.2, -0.15) is 0 Å². The van der Waals surface area contributed by atoms with Crippen molar-refractivity contribution in [2.24, 2.45) is 5.92 Å². The number of piperidine rings is 1. The van der Waals surface area contributed by atoms with E-state index in [1.54, 1.807) is 0 Å². The molecular formula is C15H22ClNO. The van der Waals surface area contributed by atoms with Crippen molar-refractivity contribution in [2.45, 2.75) is 32.3 Å². The van der Waals surface area contributed by atoms with Crippen LogP contribution in [0.15, 0.2) is 24.3 Å². The fourth-order valence-electron chi connectivity index (χ4n) is 2.55.